The molecule has 0 bridgehead atoms. The van der Waals surface area contributed by atoms with Crippen LogP contribution in [0.4, 0.5) is 0 Å². The van der Waals surface area contributed by atoms with Gasteiger partial charge < -0.3 is 20.9 Å². The van der Waals surface area contributed by atoms with E-state index in [0.717, 1.165) is 32.0 Å². The first-order chi connectivity index (χ1) is 15.7. The molecule has 3 aromatic rings. The first kappa shape index (κ1) is 25.7. The average molecular weight is 892 g/mol. The fourth-order valence-corrected chi connectivity index (χ4v) is 7.43. The molecule has 1 amide bonds. The Morgan fingerprint density at radius 3 is 2.24 bits per heavy atom. The maximum absolute atomic E-state index is 12.7. The van der Waals surface area contributed by atoms with Crippen LogP contribution in [0.25, 0.3) is 0 Å². The summed E-state index contributed by atoms with van der Waals surface area (Å²) in [5, 5.41) is 13.1. The Morgan fingerprint density at radius 2 is 1.64 bits per heavy atom. The van der Waals surface area contributed by atoms with E-state index in [1.54, 1.807) is 12.1 Å². The van der Waals surface area contributed by atoms with Crippen LogP contribution in [0.15, 0.2) is 54.6 Å². The smallest absolute Gasteiger partial charge is 0.237 e. The lowest BCUT2D eigenvalue weighted by Gasteiger charge is -2.16. The highest BCUT2D eigenvalue weighted by Gasteiger charge is 2.40. The number of nitrogens with two attached hydrogens (primary N) is 1. The molecule has 9 heteroatoms. The van der Waals surface area contributed by atoms with Crippen molar-refractivity contribution in [1.29, 1.82) is 0 Å². The molecule has 172 valence electrons. The molecule has 0 unspecified atom stereocenters. The number of amides is 1. The predicted octanol–water partition coefficient (Wildman–Crippen LogP) is 6.15. The van der Waals surface area contributed by atoms with Crippen molar-refractivity contribution < 1.29 is 14.6 Å². The lowest BCUT2D eigenvalue weighted by atomic mass is 10.1. The Kier molecular flexibility index (Phi) is 8.66. The number of hydrogen-bond acceptors (Lipinski definition) is 4. The second-order valence-corrected chi connectivity index (χ2v) is 12.6. The van der Waals surface area contributed by atoms with E-state index in [1.165, 1.54) is 5.56 Å². The van der Waals surface area contributed by atoms with E-state index in [-0.39, 0.29) is 17.7 Å². The Balaban J connectivity index is 1.39. The minimum Gasteiger partial charge on any atom is -0.506 e. The molecule has 0 radical (unpaired) electrons. The normalized spacial score (nSPS) is 18.0. The summed E-state index contributed by atoms with van der Waals surface area (Å²) in [6, 6.07) is 17.4. The van der Waals surface area contributed by atoms with Gasteiger partial charge in [0, 0.05) is 12.0 Å². The quantitative estimate of drug-likeness (QED) is 0.249. The Bertz CT molecular complexity index is 1140. The summed E-state index contributed by atoms with van der Waals surface area (Å²) >= 11 is 8.66. The number of benzene rings is 3. The van der Waals surface area contributed by atoms with Crippen LogP contribution < -0.4 is 15.8 Å². The molecule has 5 nitrogen and oxygen atoms in total. The van der Waals surface area contributed by atoms with Gasteiger partial charge in [0.2, 0.25) is 5.91 Å². The molecule has 4 N–H and O–H groups in total. The molecular weight excluding hydrogens is 872 g/mol. The van der Waals surface area contributed by atoms with Crippen LogP contribution in [0.2, 0.25) is 0 Å². The third-order valence-electron chi connectivity index (χ3n) is 5.41. The van der Waals surface area contributed by atoms with E-state index in [2.05, 4.69) is 108 Å². The molecule has 4 rings (SSSR count). The van der Waals surface area contributed by atoms with E-state index in [9.17, 15) is 9.90 Å². The number of ether oxygens (including phenoxy) is 1. The van der Waals surface area contributed by atoms with Gasteiger partial charge in [0.05, 0.1) is 20.3 Å². The molecule has 3 aromatic carbocycles. The third kappa shape index (κ3) is 6.44. The van der Waals surface area contributed by atoms with Crippen LogP contribution in [0.3, 0.4) is 0 Å². The molecule has 0 saturated heterocycles. The highest BCUT2D eigenvalue weighted by atomic mass is 127. The van der Waals surface area contributed by atoms with Gasteiger partial charge in [-0.25, -0.2) is 0 Å². The van der Waals surface area contributed by atoms with Crippen LogP contribution in [-0.4, -0.2) is 23.1 Å². The van der Waals surface area contributed by atoms with Crippen molar-refractivity contribution >= 4 is 96.3 Å². The summed E-state index contributed by atoms with van der Waals surface area (Å²) in [5.74, 6) is 1.94. The minimum atomic E-state index is -0.611. The van der Waals surface area contributed by atoms with Gasteiger partial charge in [0.25, 0.3) is 0 Å². The molecule has 0 aromatic heterocycles. The number of nitrogens with one attached hydrogen (secondary N) is 1. The summed E-state index contributed by atoms with van der Waals surface area (Å²) in [6.07, 6.45) is 1.41. The van der Waals surface area contributed by atoms with Crippen LogP contribution >= 0.6 is 90.4 Å². The van der Waals surface area contributed by atoms with Crippen molar-refractivity contribution in [2.75, 3.05) is 0 Å². The molecule has 33 heavy (non-hydrogen) atoms. The minimum absolute atomic E-state index is 0.114. The zero-order valence-electron chi connectivity index (χ0n) is 17.2. The fourth-order valence-electron chi connectivity index (χ4n) is 3.61. The standard InChI is InChI=1S/C24H20I4N2O3/c25-16-9-14(10-17(26)22(16)31)33-23-18(27)6-12(7-19(23)28)8-20(29)24(32)30-21-11-15(21)13-4-2-1-3-5-13/h1-7,9-10,15,20-21,31H,8,11,29H2,(H,30,32)/t15-,20-,21+/m0/s1. The highest BCUT2D eigenvalue weighted by molar-refractivity contribution is 14.1. The van der Waals surface area contributed by atoms with E-state index in [4.69, 9.17) is 10.5 Å². The predicted molar refractivity (Wildman–Crippen MR) is 163 cm³/mol. The van der Waals surface area contributed by atoms with Gasteiger partial charge in [0.1, 0.15) is 11.5 Å². The van der Waals surface area contributed by atoms with Gasteiger partial charge in [-0.2, -0.15) is 0 Å². The molecule has 1 aliphatic rings. The molecule has 1 aliphatic carbocycles. The Morgan fingerprint density at radius 1 is 1.03 bits per heavy atom. The van der Waals surface area contributed by atoms with Gasteiger partial charge in [-0.15, -0.1) is 0 Å². The first-order valence-corrected chi connectivity index (χ1v) is 14.5. The van der Waals surface area contributed by atoms with Crippen LogP contribution in [0, 0.1) is 14.3 Å². The average Bonchev–Trinajstić information content (AvgIpc) is 3.54. The monoisotopic (exact) mass is 892 g/mol. The summed E-state index contributed by atoms with van der Waals surface area (Å²) < 4.78 is 9.47. The zero-order chi connectivity index (χ0) is 23.7. The van der Waals surface area contributed by atoms with Crippen LogP contribution in [0.5, 0.6) is 17.2 Å². The number of carbonyl (C=O) groups is 1. The van der Waals surface area contributed by atoms with Crippen LogP contribution in [0.1, 0.15) is 23.5 Å². The molecular formula is C24H20I4N2O3. The summed E-state index contributed by atoms with van der Waals surface area (Å²) in [5.41, 5.74) is 8.49. The number of aromatic hydroxyl groups is 1. The van der Waals surface area contributed by atoms with Crippen molar-refractivity contribution in [3.8, 4) is 17.2 Å². The number of rotatable bonds is 7. The zero-order valence-corrected chi connectivity index (χ0v) is 25.8. The molecule has 1 fully saturated rings. The number of phenols is 1. The van der Waals surface area contributed by atoms with Crippen molar-refractivity contribution in [3.63, 3.8) is 0 Å². The first-order valence-electron chi connectivity index (χ1n) is 10.2. The van der Waals surface area contributed by atoms with Gasteiger partial charge in [0.15, 0.2) is 5.75 Å². The number of hydrogen-bond donors (Lipinski definition) is 3. The van der Waals surface area contributed by atoms with Crippen molar-refractivity contribution in [2.45, 2.75) is 30.8 Å². The van der Waals surface area contributed by atoms with Gasteiger partial charge in [-0.05, 0) is 139 Å². The SMILES string of the molecule is N[C@@H](Cc1cc(I)c(Oc2cc(I)c(O)c(I)c2)c(I)c1)C(=O)N[C@@H]1C[C@H]1c1ccccc1. The molecule has 0 spiro atoms. The van der Waals surface area contributed by atoms with Crippen LogP contribution in [-0.2, 0) is 11.2 Å². The summed E-state index contributed by atoms with van der Waals surface area (Å²) in [6.45, 7) is 0. The van der Waals surface area contributed by atoms with E-state index in [1.807, 2.05) is 30.3 Å². The van der Waals surface area contributed by atoms with E-state index in [0.29, 0.717) is 18.1 Å². The maximum atomic E-state index is 12.7. The largest absolute Gasteiger partial charge is 0.506 e. The second kappa shape index (κ2) is 11.1. The summed E-state index contributed by atoms with van der Waals surface area (Å²) in [7, 11) is 0. The summed E-state index contributed by atoms with van der Waals surface area (Å²) in [4.78, 5) is 12.7. The van der Waals surface area contributed by atoms with Gasteiger partial charge in [-0.1, -0.05) is 30.3 Å². The third-order valence-corrected chi connectivity index (χ3v) is 8.65. The van der Waals surface area contributed by atoms with Crippen molar-refractivity contribution in [2.24, 2.45) is 5.73 Å². The lowest BCUT2D eigenvalue weighted by molar-refractivity contribution is -0.122. The number of halogens is 4. The van der Waals surface area contributed by atoms with Crippen molar-refractivity contribution in [3.05, 3.63) is 80.0 Å². The second-order valence-electron chi connectivity index (χ2n) is 7.90. The fraction of sp³-hybridized carbons (Fsp3) is 0.208. The maximum Gasteiger partial charge on any atom is 0.237 e. The molecule has 1 saturated carbocycles. The molecule has 3 atom stereocenters. The Hall–Kier alpha value is -0.390. The lowest BCUT2D eigenvalue weighted by Crippen LogP contribution is -2.43. The molecule has 0 heterocycles. The van der Waals surface area contributed by atoms with E-state index >= 15 is 0 Å². The van der Waals surface area contributed by atoms with Gasteiger partial charge >= 0.3 is 0 Å². The van der Waals surface area contributed by atoms with Gasteiger partial charge in [-0.3, -0.25) is 4.79 Å². The number of phenolic OH excluding ortho intramolecular Hbond substituents is 1. The topological polar surface area (TPSA) is 84.6 Å². The van der Waals surface area contributed by atoms with Crippen molar-refractivity contribution in [1.82, 2.24) is 5.32 Å². The Labute approximate surface area is 247 Å². The highest BCUT2D eigenvalue weighted by Crippen LogP contribution is 2.41. The number of carbonyl (C=O) groups excluding carboxylic acids is 1. The molecule has 0 aliphatic heterocycles. The van der Waals surface area contributed by atoms with E-state index < -0.39 is 6.04 Å².